The Labute approximate surface area is 142 Å². The number of nitrogens with zero attached hydrogens (tertiary/aromatic N) is 2. The van der Waals surface area contributed by atoms with Gasteiger partial charge in [-0.25, -0.2) is 9.79 Å². The molecule has 2 N–H and O–H groups in total. The molecule has 122 valence electrons. The van der Waals surface area contributed by atoms with E-state index in [9.17, 15) is 14.7 Å². The largest absolute Gasteiger partial charge is 0.478 e. The number of carbonyl (C=O) groups excluding carboxylic acids is 1. The Morgan fingerprint density at radius 3 is 2.79 bits per heavy atom. The number of benzene rings is 1. The number of aliphatic imine (C=N–C) groups is 1. The fourth-order valence-corrected chi connectivity index (χ4v) is 3.35. The van der Waals surface area contributed by atoms with Gasteiger partial charge in [0.1, 0.15) is 0 Å². The SMILES string of the molecule is CCN1C(=O)/C(=C/c2ccc[nH]2)SC1=Nc1ccccc1C(=O)O. The van der Waals surface area contributed by atoms with E-state index in [-0.39, 0.29) is 11.5 Å². The van der Waals surface area contributed by atoms with E-state index in [2.05, 4.69) is 9.98 Å². The number of rotatable bonds is 4. The molecule has 0 spiro atoms. The fourth-order valence-electron chi connectivity index (χ4n) is 2.30. The molecule has 3 rings (SSSR count). The second-order valence-corrected chi connectivity index (χ2v) is 6.01. The van der Waals surface area contributed by atoms with Gasteiger partial charge in [-0.3, -0.25) is 9.69 Å². The Balaban J connectivity index is 1.99. The number of amidine groups is 1. The lowest BCUT2D eigenvalue weighted by atomic mass is 10.2. The van der Waals surface area contributed by atoms with Crippen molar-refractivity contribution in [3.63, 3.8) is 0 Å². The van der Waals surface area contributed by atoms with Crippen molar-refractivity contribution in [2.45, 2.75) is 6.92 Å². The minimum Gasteiger partial charge on any atom is -0.478 e. The van der Waals surface area contributed by atoms with Crippen LogP contribution in [0.15, 0.2) is 52.5 Å². The van der Waals surface area contributed by atoms with Gasteiger partial charge in [-0.2, -0.15) is 0 Å². The summed E-state index contributed by atoms with van der Waals surface area (Å²) >= 11 is 1.24. The monoisotopic (exact) mass is 341 g/mol. The molecule has 0 bridgehead atoms. The zero-order valence-corrected chi connectivity index (χ0v) is 13.7. The molecule has 0 unspecified atom stereocenters. The quantitative estimate of drug-likeness (QED) is 0.835. The van der Waals surface area contributed by atoms with E-state index >= 15 is 0 Å². The van der Waals surface area contributed by atoms with E-state index in [0.29, 0.717) is 22.3 Å². The van der Waals surface area contributed by atoms with Crippen LogP contribution in [0.2, 0.25) is 0 Å². The molecule has 24 heavy (non-hydrogen) atoms. The number of aromatic carboxylic acids is 1. The third-order valence-corrected chi connectivity index (χ3v) is 4.47. The number of amides is 1. The van der Waals surface area contributed by atoms with Gasteiger partial charge in [0.2, 0.25) is 0 Å². The van der Waals surface area contributed by atoms with Crippen LogP contribution in [0.25, 0.3) is 6.08 Å². The molecular formula is C17H15N3O3S. The lowest BCUT2D eigenvalue weighted by Gasteiger charge is -2.12. The number of hydrogen-bond donors (Lipinski definition) is 2. The van der Waals surface area contributed by atoms with Gasteiger partial charge in [0, 0.05) is 18.4 Å². The summed E-state index contributed by atoms with van der Waals surface area (Å²) in [7, 11) is 0. The van der Waals surface area contributed by atoms with E-state index in [1.807, 2.05) is 19.1 Å². The van der Waals surface area contributed by atoms with Gasteiger partial charge in [0.05, 0.1) is 16.2 Å². The Morgan fingerprint density at radius 2 is 2.12 bits per heavy atom. The summed E-state index contributed by atoms with van der Waals surface area (Å²) in [4.78, 5) is 33.4. The van der Waals surface area contributed by atoms with Crippen molar-refractivity contribution >= 4 is 40.6 Å². The van der Waals surface area contributed by atoms with Gasteiger partial charge in [-0.15, -0.1) is 0 Å². The minimum absolute atomic E-state index is 0.107. The topological polar surface area (TPSA) is 85.8 Å². The normalized spacial score (nSPS) is 17.9. The number of carboxylic acid groups (broad SMARTS) is 1. The van der Waals surface area contributed by atoms with Crippen molar-refractivity contribution in [3.8, 4) is 0 Å². The lowest BCUT2D eigenvalue weighted by molar-refractivity contribution is -0.122. The van der Waals surface area contributed by atoms with Crippen LogP contribution in [0.5, 0.6) is 0 Å². The van der Waals surface area contributed by atoms with Crippen molar-refractivity contribution in [3.05, 3.63) is 58.8 Å². The number of carbonyl (C=O) groups is 2. The zero-order chi connectivity index (χ0) is 17.1. The summed E-state index contributed by atoms with van der Waals surface area (Å²) in [6.45, 7) is 2.32. The van der Waals surface area contributed by atoms with Crippen LogP contribution < -0.4 is 0 Å². The molecule has 6 nitrogen and oxygen atoms in total. The average molecular weight is 341 g/mol. The highest BCUT2D eigenvalue weighted by molar-refractivity contribution is 8.18. The van der Waals surface area contributed by atoms with Crippen LogP contribution in [0, 0.1) is 0 Å². The van der Waals surface area contributed by atoms with Crippen molar-refractivity contribution in [2.75, 3.05) is 6.54 Å². The van der Waals surface area contributed by atoms with Crippen LogP contribution in [-0.2, 0) is 4.79 Å². The first-order valence-corrected chi connectivity index (χ1v) is 8.17. The molecule has 1 aromatic carbocycles. The van der Waals surface area contributed by atoms with E-state index < -0.39 is 5.97 Å². The van der Waals surface area contributed by atoms with Crippen LogP contribution in [0.1, 0.15) is 23.0 Å². The Hall–Kier alpha value is -2.80. The van der Waals surface area contributed by atoms with Gasteiger partial charge in [-0.05, 0) is 49.0 Å². The molecule has 0 aliphatic carbocycles. The summed E-state index contributed by atoms with van der Waals surface area (Å²) in [5, 5.41) is 9.75. The molecule has 1 amide bonds. The minimum atomic E-state index is -1.05. The van der Waals surface area contributed by atoms with Crippen molar-refractivity contribution in [1.82, 2.24) is 9.88 Å². The fraction of sp³-hybridized carbons (Fsp3) is 0.118. The van der Waals surface area contributed by atoms with Crippen molar-refractivity contribution in [2.24, 2.45) is 4.99 Å². The van der Waals surface area contributed by atoms with Crippen LogP contribution in [0.4, 0.5) is 5.69 Å². The summed E-state index contributed by atoms with van der Waals surface area (Å²) in [6.07, 6.45) is 3.55. The Morgan fingerprint density at radius 1 is 1.33 bits per heavy atom. The summed E-state index contributed by atoms with van der Waals surface area (Å²) in [5.74, 6) is -1.18. The zero-order valence-electron chi connectivity index (χ0n) is 12.9. The molecule has 1 fully saturated rings. The third kappa shape index (κ3) is 3.11. The Kier molecular flexibility index (Phi) is 4.52. The van der Waals surface area contributed by atoms with E-state index in [1.54, 1.807) is 30.5 Å². The number of para-hydroxylation sites is 1. The van der Waals surface area contributed by atoms with Crippen LogP contribution in [-0.4, -0.2) is 38.6 Å². The molecule has 1 saturated heterocycles. The smallest absolute Gasteiger partial charge is 0.337 e. The van der Waals surface area contributed by atoms with Crippen molar-refractivity contribution < 1.29 is 14.7 Å². The van der Waals surface area contributed by atoms with E-state index in [0.717, 1.165) is 5.69 Å². The highest BCUT2D eigenvalue weighted by atomic mass is 32.2. The number of aromatic nitrogens is 1. The molecule has 0 atom stereocenters. The molecule has 1 aliphatic rings. The summed E-state index contributed by atoms with van der Waals surface area (Å²) < 4.78 is 0. The van der Waals surface area contributed by atoms with Crippen LogP contribution in [0.3, 0.4) is 0 Å². The molecule has 2 aromatic rings. The summed E-state index contributed by atoms with van der Waals surface area (Å²) in [5.41, 5.74) is 1.27. The van der Waals surface area contributed by atoms with Gasteiger partial charge >= 0.3 is 5.97 Å². The first-order chi connectivity index (χ1) is 11.6. The first-order valence-electron chi connectivity index (χ1n) is 7.36. The molecule has 2 heterocycles. The number of H-pyrrole nitrogens is 1. The predicted molar refractivity (Wildman–Crippen MR) is 94.2 cm³/mol. The number of aromatic amines is 1. The maximum Gasteiger partial charge on any atom is 0.337 e. The molecule has 7 heteroatoms. The lowest BCUT2D eigenvalue weighted by Crippen LogP contribution is -2.28. The predicted octanol–water partition coefficient (Wildman–Crippen LogP) is 3.34. The van der Waals surface area contributed by atoms with Gasteiger partial charge < -0.3 is 10.1 Å². The van der Waals surface area contributed by atoms with Gasteiger partial charge in [-0.1, -0.05) is 12.1 Å². The number of thioether (sulfide) groups is 1. The van der Waals surface area contributed by atoms with Crippen LogP contribution >= 0.6 is 11.8 Å². The Bertz CT molecular complexity index is 841. The second-order valence-electron chi connectivity index (χ2n) is 5.00. The molecule has 0 saturated carbocycles. The highest BCUT2D eigenvalue weighted by Crippen LogP contribution is 2.34. The van der Waals surface area contributed by atoms with Crippen molar-refractivity contribution in [1.29, 1.82) is 0 Å². The molecular weight excluding hydrogens is 326 g/mol. The second kappa shape index (κ2) is 6.76. The standard InChI is InChI=1S/C17H15N3O3S/c1-2-20-15(21)14(10-11-6-5-9-18-11)24-17(20)19-13-8-4-3-7-12(13)16(22)23/h3-10,18H,2H2,1H3,(H,22,23)/b14-10-,19-17?. The van der Waals surface area contributed by atoms with Gasteiger partial charge in [0.25, 0.3) is 5.91 Å². The van der Waals surface area contributed by atoms with E-state index in [4.69, 9.17) is 0 Å². The third-order valence-electron chi connectivity index (χ3n) is 3.46. The number of hydrogen-bond acceptors (Lipinski definition) is 4. The molecule has 1 aromatic heterocycles. The maximum atomic E-state index is 12.5. The first kappa shape index (κ1) is 16.1. The number of nitrogens with one attached hydrogen (secondary N) is 1. The average Bonchev–Trinajstić information content (AvgIpc) is 3.17. The molecule has 0 radical (unpaired) electrons. The maximum absolute atomic E-state index is 12.5. The van der Waals surface area contributed by atoms with E-state index in [1.165, 1.54) is 22.7 Å². The number of carboxylic acids is 1. The molecule has 1 aliphatic heterocycles. The summed E-state index contributed by atoms with van der Waals surface area (Å²) in [6, 6.07) is 10.2. The number of likely N-dealkylation sites (N-methyl/N-ethyl adjacent to an activating group) is 1. The van der Waals surface area contributed by atoms with Gasteiger partial charge in [0.15, 0.2) is 5.17 Å². The highest BCUT2D eigenvalue weighted by Gasteiger charge is 2.32.